The molecule has 0 aliphatic heterocycles. The molecule has 1 N–H and O–H groups in total. The van der Waals surface area contributed by atoms with Crippen LogP contribution in [0.25, 0.3) is 0 Å². The van der Waals surface area contributed by atoms with Gasteiger partial charge in [-0.05, 0) is 36.0 Å². The lowest BCUT2D eigenvalue weighted by molar-refractivity contribution is -0.274. The number of hydrogen-bond donors (Lipinski definition) is 1. The monoisotopic (exact) mass is 273 g/mol. The fraction of sp³-hybridized carbons (Fsp3) is 0.571. The molecule has 0 radical (unpaired) electrons. The predicted molar refractivity (Wildman–Crippen MR) is 67.1 cm³/mol. The molecule has 0 saturated heterocycles. The van der Waals surface area contributed by atoms with Gasteiger partial charge in [-0.3, -0.25) is 0 Å². The maximum atomic E-state index is 12.3. The maximum absolute atomic E-state index is 12.3. The lowest BCUT2D eigenvalue weighted by atomic mass is 10.1. The minimum Gasteiger partial charge on any atom is -0.405 e. The molecule has 2 rings (SSSR count). The van der Waals surface area contributed by atoms with Crippen LogP contribution in [0.1, 0.15) is 43.7 Å². The van der Waals surface area contributed by atoms with Crippen molar-refractivity contribution in [2.45, 2.75) is 51.6 Å². The van der Waals surface area contributed by atoms with E-state index in [1.807, 2.05) is 19.9 Å². The summed E-state index contributed by atoms with van der Waals surface area (Å²) in [6, 6.07) is 5.28. The van der Waals surface area contributed by atoms with Gasteiger partial charge in [-0.25, -0.2) is 0 Å². The number of rotatable bonds is 5. The number of hydrogen-bond acceptors (Lipinski definition) is 2. The molecule has 0 unspecified atom stereocenters. The second kappa shape index (κ2) is 5.41. The van der Waals surface area contributed by atoms with Crippen molar-refractivity contribution in [2.24, 2.45) is 0 Å². The van der Waals surface area contributed by atoms with Crippen molar-refractivity contribution < 1.29 is 17.9 Å². The highest BCUT2D eigenvalue weighted by Gasteiger charge is 2.35. The standard InChI is InChI=1S/C14H18F3NO/c1-9(2)18-8-10-3-6-13(19-14(15,16)17)12(7-10)11-4-5-11/h3,6-7,9,11,18H,4-5,8H2,1-2H3. The summed E-state index contributed by atoms with van der Waals surface area (Å²) in [5.41, 5.74) is 1.67. The molecule has 5 heteroatoms. The Morgan fingerprint density at radius 2 is 2.00 bits per heavy atom. The number of halogens is 3. The lowest BCUT2D eigenvalue weighted by Gasteiger charge is -2.15. The van der Waals surface area contributed by atoms with E-state index < -0.39 is 6.36 Å². The zero-order chi connectivity index (χ0) is 14.0. The first kappa shape index (κ1) is 14.2. The molecule has 1 saturated carbocycles. The summed E-state index contributed by atoms with van der Waals surface area (Å²) in [4.78, 5) is 0. The molecule has 0 heterocycles. The van der Waals surface area contributed by atoms with Gasteiger partial charge in [0.15, 0.2) is 0 Å². The van der Waals surface area contributed by atoms with Gasteiger partial charge < -0.3 is 10.1 Å². The Morgan fingerprint density at radius 1 is 1.32 bits per heavy atom. The summed E-state index contributed by atoms with van der Waals surface area (Å²) < 4.78 is 41.1. The summed E-state index contributed by atoms with van der Waals surface area (Å²) in [7, 11) is 0. The van der Waals surface area contributed by atoms with Crippen LogP contribution >= 0.6 is 0 Å². The van der Waals surface area contributed by atoms with Crippen LogP contribution in [0.2, 0.25) is 0 Å². The van der Waals surface area contributed by atoms with E-state index in [1.165, 1.54) is 6.07 Å². The van der Waals surface area contributed by atoms with E-state index in [0.29, 0.717) is 18.2 Å². The van der Waals surface area contributed by atoms with Crippen LogP contribution in [-0.2, 0) is 6.54 Å². The normalized spacial score (nSPS) is 15.9. The highest BCUT2D eigenvalue weighted by Crippen LogP contribution is 2.45. The Labute approximate surface area is 111 Å². The molecule has 1 aromatic carbocycles. The molecule has 0 bridgehead atoms. The van der Waals surface area contributed by atoms with Crippen molar-refractivity contribution in [3.8, 4) is 5.75 Å². The first-order chi connectivity index (χ1) is 8.85. The first-order valence-electron chi connectivity index (χ1n) is 6.47. The number of nitrogens with one attached hydrogen (secondary N) is 1. The lowest BCUT2D eigenvalue weighted by Crippen LogP contribution is -2.22. The molecule has 19 heavy (non-hydrogen) atoms. The second-order valence-electron chi connectivity index (χ2n) is 5.23. The Morgan fingerprint density at radius 3 is 2.53 bits per heavy atom. The smallest absolute Gasteiger partial charge is 0.405 e. The van der Waals surface area contributed by atoms with Crippen LogP contribution < -0.4 is 10.1 Å². The Hall–Kier alpha value is -1.23. The molecule has 0 spiro atoms. The van der Waals surface area contributed by atoms with Crippen LogP contribution in [0.3, 0.4) is 0 Å². The van der Waals surface area contributed by atoms with E-state index >= 15 is 0 Å². The van der Waals surface area contributed by atoms with Crippen molar-refractivity contribution in [3.05, 3.63) is 29.3 Å². The number of alkyl halides is 3. The van der Waals surface area contributed by atoms with Crippen LogP contribution in [0.4, 0.5) is 13.2 Å². The minimum absolute atomic E-state index is 0.0525. The average Bonchev–Trinajstić information content (AvgIpc) is 3.09. The highest BCUT2D eigenvalue weighted by molar-refractivity contribution is 5.42. The highest BCUT2D eigenvalue weighted by atomic mass is 19.4. The van der Waals surface area contributed by atoms with Crippen LogP contribution in [0, 0.1) is 0 Å². The number of benzene rings is 1. The van der Waals surface area contributed by atoms with E-state index in [1.54, 1.807) is 6.07 Å². The van der Waals surface area contributed by atoms with E-state index in [9.17, 15) is 13.2 Å². The summed E-state index contributed by atoms with van der Waals surface area (Å²) in [6.07, 6.45) is -2.74. The molecule has 0 aromatic heterocycles. The largest absolute Gasteiger partial charge is 0.573 e. The fourth-order valence-electron chi connectivity index (χ4n) is 1.96. The third-order valence-electron chi connectivity index (χ3n) is 3.03. The van der Waals surface area contributed by atoms with Crippen molar-refractivity contribution >= 4 is 0 Å². The summed E-state index contributed by atoms with van der Waals surface area (Å²) in [6.45, 7) is 4.72. The van der Waals surface area contributed by atoms with Gasteiger partial charge in [-0.1, -0.05) is 26.0 Å². The Bertz CT molecular complexity index is 439. The van der Waals surface area contributed by atoms with Crippen LogP contribution in [0.5, 0.6) is 5.75 Å². The van der Waals surface area contributed by atoms with E-state index in [-0.39, 0.29) is 11.7 Å². The van der Waals surface area contributed by atoms with Crippen molar-refractivity contribution in [1.29, 1.82) is 0 Å². The fourth-order valence-corrected chi connectivity index (χ4v) is 1.96. The van der Waals surface area contributed by atoms with Gasteiger partial charge in [0.25, 0.3) is 0 Å². The zero-order valence-electron chi connectivity index (χ0n) is 11.1. The third kappa shape index (κ3) is 4.42. The average molecular weight is 273 g/mol. The molecule has 2 nitrogen and oxygen atoms in total. The molecular formula is C14H18F3NO. The summed E-state index contributed by atoms with van der Waals surface area (Å²) in [5, 5.41) is 3.25. The van der Waals surface area contributed by atoms with Gasteiger partial charge in [0, 0.05) is 12.6 Å². The van der Waals surface area contributed by atoms with Crippen LogP contribution in [-0.4, -0.2) is 12.4 Å². The van der Waals surface area contributed by atoms with Gasteiger partial charge in [0.2, 0.25) is 0 Å². The topological polar surface area (TPSA) is 21.3 Å². The van der Waals surface area contributed by atoms with Gasteiger partial charge in [0.1, 0.15) is 5.75 Å². The quantitative estimate of drug-likeness (QED) is 0.876. The third-order valence-corrected chi connectivity index (χ3v) is 3.03. The SMILES string of the molecule is CC(C)NCc1ccc(OC(F)(F)F)c(C2CC2)c1. The van der Waals surface area contributed by atoms with Gasteiger partial charge in [-0.2, -0.15) is 0 Å². The summed E-state index contributed by atoms with van der Waals surface area (Å²) >= 11 is 0. The van der Waals surface area contributed by atoms with Crippen molar-refractivity contribution in [2.75, 3.05) is 0 Å². The molecule has 1 fully saturated rings. The van der Waals surface area contributed by atoms with Crippen molar-refractivity contribution in [3.63, 3.8) is 0 Å². The van der Waals surface area contributed by atoms with E-state index in [0.717, 1.165) is 18.4 Å². The second-order valence-corrected chi connectivity index (χ2v) is 5.23. The Balaban J connectivity index is 2.16. The predicted octanol–water partition coefficient (Wildman–Crippen LogP) is 3.96. The zero-order valence-corrected chi connectivity index (χ0v) is 11.1. The van der Waals surface area contributed by atoms with Gasteiger partial charge in [0.05, 0.1) is 0 Å². The van der Waals surface area contributed by atoms with E-state index in [4.69, 9.17) is 0 Å². The van der Waals surface area contributed by atoms with Crippen LogP contribution in [0.15, 0.2) is 18.2 Å². The number of ether oxygens (including phenoxy) is 1. The van der Waals surface area contributed by atoms with E-state index in [2.05, 4.69) is 10.1 Å². The van der Waals surface area contributed by atoms with Crippen molar-refractivity contribution in [1.82, 2.24) is 5.32 Å². The first-order valence-corrected chi connectivity index (χ1v) is 6.47. The molecular weight excluding hydrogens is 255 g/mol. The molecule has 0 amide bonds. The molecule has 1 aliphatic carbocycles. The minimum atomic E-state index is -4.62. The maximum Gasteiger partial charge on any atom is 0.573 e. The molecule has 1 aromatic rings. The van der Waals surface area contributed by atoms with Gasteiger partial charge in [-0.15, -0.1) is 13.2 Å². The molecule has 106 valence electrons. The van der Waals surface area contributed by atoms with Gasteiger partial charge >= 0.3 is 6.36 Å². The molecule has 0 atom stereocenters. The Kier molecular flexibility index (Phi) is 4.04. The molecule has 1 aliphatic rings. The summed E-state index contributed by atoms with van der Waals surface area (Å²) in [5.74, 6) is 0.166.